The Morgan fingerprint density at radius 1 is 1.40 bits per heavy atom. The van der Waals surface area contributed by atoms with E-state index in [2.05, 4.69) is 4.90 Å². The molecule has 0 N–H and O–H groups in total. The molecule has 0 aliphatic carbocycles. The van der Waals surface area contributed by atoms with E-state index in [1.54, 1.807) is 0 Å². The number of hydrogen-bond donors (Lipinski definition) is 0. The fourth-order valence-corrected chi connectivity index (χ4v) is 2.63. The van der Waals surface area contributed by atoms with Crippen LogP contribution in [0.3, 0.4) is 0 Å². The van der Waals surface area contributed by atoms with Gasteiger partial charge in [-0.25, -0.2) is 4.79 Å². The predicted molar refractivity (Wildman–Crippen MR) is 82.4 cm³/mol. The molecule has 110 valence electrons. The van der Waals surface area contributed by atoms with Crippen LogP contribution in [0.5, 0.6) is 0 Å². The van der Waals surface area contributed by atoms with E-state index in [-0.39, 0.29) is 12.0 Å². The van der Waals surface area contributed by atoms with Crippen molar-refractivity contribution >= 4 is 23.3 Å². The van der Waals surface area contributed by atoms with Crippen LogP contribution in [0.25, 0.3) is 0 Å². The van der Waals surface area contributed by atoms with Crippen molar-refractivity contribution < 1.29 is 9.53 Å². The summed E-state index contributed by atoms with van der Waals surface area (Å²) >= 11 is 6.18. The number of rotatable bonds is 2. The Morgan fingerprint density at radius 3 is 2.70 bits per heavy atom. The van der Waals surface area contributed by atoms with Gasteiger partial charge in [-0.2, -0.15) is 0 Å². The van der Waals surface area contributed by atoms with Gasteiger partial charge in [0.1, 0.15) is 11.6 Å². The topological polar surface area (TPSA) is 29.5 Å². The lowest BCUT2D eigenvalue weighted by Crippen LogP contribution is -2.40. The number of ether oxygens (including phenoxy) is 1. The minimum absolute atomic E-state index is 0.147. The van der Waals surface area contributed by atoms with Gasteiger partial charge in [-0.1, -0.05) is 17.7 Å². The molecule has 1 saturated heterocycles. The van der Waals surface area contributed by atoms with Crippen molar-refractivity contribution in [1.29, 1.82) is 0 Å². The standard InChI is InChI=1S/C16H22ClNO2/c1-11-7-8-12(10-13(11)17)18-9-5-6-14(18)15(19)20-16(2,3)4/h7-8,10,14H,5-6,9H2,1-4H3/t14-/m0/s1. The highest BCUT2D eigenvalue weighted by atomic mass is 35.5. The summed E-state index contributed by atoms with van der Waals surface area (Å²) in [5.74, 6) is -0.147. The fraction of sp³-hybridized carbons (Fsp3) is 0.562. The summed E-state index contributed by atoms with van der Waals surface area (Å²) in [6, 6.07) is 5.74. The van der Waals surface area contributed by atoms with Crippen molar-refractivity contribution in [3.8, 4) is 0 Å². The van der Waals surface area contributed by atoms with Gasteiger partial charge in [0, 0.05) is 17.3 Å². The van der Waals surface area contributed by atoms with E-state index in [1.807, 2.05) is 45.9 Å². The van der Waals surface area contributed by atoms with Crippen molar-refractivity contribution in [1.82, 2.24) is 0 Å². The second-order valence-corrected chi connectivity index (χ2v) is 6.73. The zero-order valence-corrected chi connectivity index (χ0v) is 13.3. The van der Waals surface area contributed by atoms with E-state index in [1.165, 1.54) is 0 Å². The molecule has 1 atom stereocenters. The first-order valence-corrected chi connectivity index (χ1v) is 7.41. The van der Waals surface area contributed by atoms with Gasteiger partial charge in [0.25, 0.3) is 0 Å². The van der Waals surface area contributed by atoms with Crippen LogP contribution in [0.4, 0.5) is 5.69 Å². The van der Waals surface area contributed by atoms with Crippen molar-refractivity contribution in [2.75, 3.05) is 11.4 Å². The molecular formula is C16H22ClNO2. The molecule has 1 aromatic rings. The van der Waals surface area contributed by atoms with Gasteiger partial charge in [-0.05, 0) is 58.2 Å². The summed E-state index contributed by atoms with van der Waals surface area (Å²) in [4.78, 5) is 14.4. The van der Waals surface area contributed by atoms with Gasteiger partial charge in [-0.3, -0.25) is 0 Å². The van der Waals surface area contributed by atoms with Crippen LogP contribution in [0, 0.1) is 6.92 Å². The van der Waals surface area contributed by atoms with Crippen molar-refractivity contribution in [3.05, 3.63) is 28.8 Å². The lowest BCUT2D eigenvalue weighted by atomic mass is 10.1. The van der Waals surface area contributed by atoms with Crippen molar-refractivity contribution in [2.45, 2.75) is 52.2 Å². The molecule has 20 heavy (non-hydrogen) atoms. The number of benzene rings is 1. The first-order chi connectivity index (χ1) is 9.28. The second-order valence-electron chi connectivity index (χ2n) is 6.32. The number of aryl methyl sites for hydroxylation is 1. The van der Waals surface area contributed by atoms with Crippen LogP contribution in [0.1, 0.15) is 39.2 Å². The van der Waals surface area contributed by atoms with Gasteiger partial charge >= 0.3 is 5.97 Å². The third-order valence-corrected chi connectivity index (χ3v) is 3.83. The molecule has 1 fully saturated rings. The molecule has 2 rings (SSSR count). The zero-order valence-electron chi connectivity index (χ0n) is 12.6. The Balaban J connectivity index is 2.18. The number of halogens is 1. The van der Waals surface area contributed by atoms with Gasteiger partial charge in [-0.15, -0.1) is 0 Å². The zero-order chi connectivity index (χ0) is 14.9. The Bertz CT molecular complexity index is 508. The SMILES string of the molecule is Cc1ccc(N2CCC[C@H]2C(=O)OC(C)(C)C)cc1Cl. The molecule has 0 unspecified atom stereocenters. The van der Waals surface area contributed by atoms with Crippen LogP contribution in [-0.2, 0) is 9.53 Å². The Kier molecular flexibility index (Phi) is 4.28. The first-order valence-electron chi connectivity index (χ1n) is 7.03. The third kappa shape index (κ3) is 3.45. The van der Waals surface area contributed by atoms with Crippen LogP contribution >= 0.6 is 11.6 Å². The van der Waals surface area contributed by atoms with Crippen LogP contribution in [0.15, 0.2) is 18.2 Å². The van der Waals surface area contributed by atoms with Crippen molar-refractivity contribution in [2.24, 2.45) is 0 Å². The molecule has 1 aromatic carbocycles. The molecule has 0 aromatic heterocycles. The molecule has 0 amide bonds. The van der Waals surface area contributed by atoms with E-state index in [0.717, 1.165) is 35.7 Å². The van der Waals surface area contributed by atoms with Crippen LogP contribution in [-0.4, -0.2) is 24.2 Å². The maximum absolute atomic E-state index is 12.3. The van der Waals surface area contributed by atoms with Crippen molar-refractivity contribution in [3.63, 3.8) is 0 Å². The number of esters is 1. The second kappa shape index (κ2) is 5.65. The monoisotopic (exact) mass is 295 g/mol. The third-order valence-electron chi connectivity index (χ3n) is 3.42. The predicted octanol–water partition coefficient (Wildman–Crippen LogP) is 3.96. The first kappa shape index (κ1) is 15.2. The highest BCUT2D eigenvalue weighted by Crippen LogP contribution is 2.30. The van der Waals surface area contributed by atoms with E-state index in [4.69, 9.17) is 16.3 Å². The van der Waals surface area contributed by atoms with Gasteiger partial charge in [0.05, 0.1) is 0 Å². The van der Waals surface area contributed by atoms with Gasteiger partial charge in [0.15, 0.2) is 0 Å². The molecule has 0 bridgehead atoms. The largest absolute Gasteiger partial charge is 0.458 e. The summed E-state index contributed by atoms with van der Waals surface area (Å²) in [5, 5.41) is 0.734. The molecule has 3 nitrogen and oxygen atoms in total. The number of carbonyl (C=O) groups excluding carboxylic acids is 1. The fourth-order valence-electron chi connectivity index (χ4n) is 2.45. The molecule has 1 heterocycles. The van der Waals surface area contributed by atoms with E-state index in [9.17, 15) is 4.79 Å². The summed E-state index contributed by atoms with van der Waals surface area (Å²) in [7, 11) is 0. The average molecular weight is 296 g/mol. The summed E-state index contributed by atoms with van der Waals surface area (Å²) < 4.78 is 5.51. The highest BCUT2D eigenvalue weighted by Gasteiger charge is 2.34. The molecule has 0 radical (unpaired) electrons. The number of hydrogen-bond acceptors (Lipinski definition) is 3. The average Bonchev–Trinajstić information content (AvgIpc) is 2.79. The number of nitrogens with zero attached hydrogens (tertiary/aromatic N) is 1. The van der Waals surface area contributed by atoms with Crippen LogP contribution in [0.2, 0.25) is 5.02 Å². The van der Waals surface area contributed by atoms with E-state index >= 15 is 0 Å². The molecule has 0 spiro atoms. The molecule has 1 aliphatic heterocycles. The van der Waals surface area contributed by atoms with E-state index < -0.39 is 5.60 Å². The Hall–Kier alpha value is -1.22. The summed E-state index contributed by atoms with van der Waals surface area (Å²) in [5.41, 5.74) is 1.59. The molecule has 0 saturated carbocycles. The van der Waals surface area contributed by atoms with E-state index in [0.29, 0.717) is 0 Å². The number of carbonyl (C=O) groups is 1. The highest BCUT2D eigenvalue weighted by molar-refractivity contribution is 6.31. The van der Waals surface area contributed by atoms with Gasteiger partial charge < -0.3 is 9.64 Å². The molecule has 1 aliphatic rings. The lowest BCUT2D eigenvalue weighted by molar-refractivity contribution is -0.156. The maximum atomic E-state index is 12.3. The Morgan fingerprint density at radius 2 is 2.10 bits per heavy atom. The smallest absolute Gasteiger partial charge is 0.329 e. The maximum Gasteiger partial charge on any atom is 0.329 e. The minimum atomic E-state index is -0.448. The quantitative estimate of drug-likeness (QED) is 0.774. The Labute approximate surface area is 125 Å². The number of anilines is 1. The van der Waals surface area contributed by atoms with Crippen LogP contribution < -0.4 is 4.90 Å². The lowest BCUT2D eigenvalue weighted by Gasteiger charge is -2.29. The summed E-state index contributed by atoms with van der Waals surface area (Å²) in [6.07, 6.45) is 1.83. The minimum Gasteiger partial charge on any atom is -0.458 e. The normalized spacial score (nSPS) is 19.2. The van der Waals surface area contributed by atoms with Gasteiger partial charge in [0.2, 0.25) is 0 Å². The molecule has 4 heteroatoms. The molecular weight excluding hydrogens is 274 g/mol. The summed E-state index contributed by atoms with van der Waals surface area (Å²) in [6.45, 7) is 8.53.